The second-order valence-electron chi connectivity index (χ2n) is 8.09. The first-order valence-corrected chi connectivity index (χ1v) is 10.1. The van der Waals surface area contributed by atoms with Crippen molar-refractivity contribution < 1.29 is 9.53 Å². The summed E-state index contributed by atoms with van der Waals surface area (Å²) < 4.78 is 5.48. The highest BCUT2D eigenvalue weighted by molar-refractivity contribution is 5.67. The molecule has 0 N–H and O–H groups in total. The zero-order chi connectivity index (χ0) is 17.9. The number of piperazine rings is 1. The molecule has 3 aliphatic rings. The summed E-state index contributed by atoms with van der Waals surface area (Å²) in [4.78, 5) is 19.5. The van der Waals surface area contributed by atoms with E-state index < -0.39 is 0 Å². The fourth-order valence-corrected chi connectivity index (χ4v) is 4.97. The van der Waals surface area contributed by atoms with Gasteiger partial charge in [-0.2, -0.15) is 0 Å². The normalized spacial score (nSPS) is 30.2. The Balaban J connectivity index is 1.24. The lowest BCUT2D eigenvalue weighted by Gasteiger charge is -2.51. The summed E-state index contributed by atoms with van der Waals surface area (Å²) in [6.07, 6.45) is 6.53. The van der Waals surface area contributed by atoms with Gasteiger partial charge in [0.1, 0.15) is 6.61 Å². The minimum atomic E-state index is -0.172. The molecule has 2 bridgehead atoms. The summed E-state index contributed by atoms with van der Waals surface area (Å²) in [5.41, 5.74) is 1.04. The van der Waals surface area contributed by atoms with Crippen LogP contribution in [-0.2, 0) is 11.3 Å². The lowest BCUT2D eigenvalue weighted by molar-refractivity contribution is -0.00751. The average Bonchev–Trinajstić information content (AvgIpc) is 2.67. The number of carbonyl (C=O) groups excluding carboxylic acids is 1. The lowest BCUT2D eigenvalue weighted by atomic mass is 9.81. The number of hydrogen-bond donors (Lipinski definition) is 0. The Hall–Kier alpha value is -1.59. The summed E-state index contributed by atoms with van der Waals surface area (Å²) in [6, 6.07) is 12.1. The van der Waals surface area contributed by atoms with Crippen molar-refractivity contribution in [2.75, 3.05) is 33.2 Å². The largest absolute Gasteiger partial charge is 0.445 e. The van der Waals surface area contributed by atoms with Crippen LogP contribution < -0.4 is 0 Å². The van der Waals surface area contributed by atoms with Gasteiger partial charge in [-0.3, -0.25) is 4.90 Å². The van der Waals surface area contributed by atoms with Gasteiger partial charge in [0.05, 0.1) is 0 Å². The molecule has 1 aromatic carbocycles. The van der Waals surface area contributed by atoms with E-state index in [1.807, 2.05) is 35.2 Å². The molecule has 26 heavy (non-hydrogen) atoms. The van der Waals surface area contributed by atoms with Gasteiger partial charge in [-0.1, -0.05) is 36.8 Å². The van der Waals surface area contributed by atoms with Crippen LogP contribution in [-0.4, -0.2) is 72.1 Å². The highest BCUT2D eigenvalue weighted by Gasteiger charge is 2.39. The molecule has 3 aliphatic heterocycles. The molecule has 142 valence electrons. The summed E-state index contributed by atoms with van der Waals surface area (Å²) in [7, 11) is 2.31. The van der Waals surface area contributed by atoms with Crippen LogP contribution in [0.3, 0.4) is 0 Å². The van der Waals surface area contributed by atoms with Crippen molar-refractivity contribution in [3.63, 3.8) is 0 Å². The average molecular weight is 357 g/mol. The molecule has 0 saturated carbocycles. The number of ether oxygens (including phenoxy) is 1. The Kier molecular flexibility index (Phi) is 5.46. The Morgan fingerprint density at radius 1 is 1.00 bits per heavy atom. The number of rotatable bonds is 3. The molecule has 2 atom stereocenters. The second-order valence-corrected chi connectivity index (χ2v) is 8.09. The maximum absolute atomic E-state index is 12.3. The van der Waals surface area contributed by atoms with Crippen LogP contribution in [0.2, 0.25) is 0 Å². The standard InChI is InChI=1S/C21H31N3O2/c1-22-18-8-5-9-19(22)15-20(14-18)23-10-12-24(13-11-23)21(25)26-16-17-6-3-2-4-7-17/h2-4,6-7,18-20H,5,8-16H2,1H3. The number of hydrogen-bond acceptors (Lipinski definition) is 4. The molecular formula is C21H31N3O2. The van der Waals surface area contributed by atoms with Crippen molar-refractivity contribution >= 4 is 6.09 Å². The van der Waals surface area contributed by atoms with Crippen molar-refractivity contribution in [3.8, 4) is 0 Å². The van der Waals surface area contributed by atoms with Crippen LogP contribution in [0.15, 0.2) is 30.3 Å². The van der Waals surface area contributed by atoms with Crippen molar-refractivity contribution in [3.05, 3.63) is 35.9 Å². The van der Waals surface area contributed by atoms with Gasteiger partial charge in [0.25, 0.3) is 0 Å². The number of piperidine rings is 2. The molecule has 5 heteroatoms. The van der Waals surface area contributed by atoms with E-state index in [4.69, 9.17) is 4.74 Å². The van der Waals surface area contributed by atoms with E-state index >= 15 is 0 Å². The van der Waals surface area contributed by atoms with Crippen molar-refractivity contribution in [1.29, 1.82) is 0 Å². The van der Waals surface area contributed by atoms with Crippen LogP contribution in [0, 0.1) is 0 Å². The van der Waals surface area contributed by atoms with E-state index in [0.717, 1.165) is 43.8 Å². The molecule has 3 heterocycles. The SMILES string of the molecule is CN1C2CCCC1CC(N1CCN(C(=O)OCc3ccccc3)CC1)C2. The molecule has 5 nitrogen and oxygen atoms in total. The molecule has 1 amide bonds. The lowest BCUT2D eigenvalue weighted by Crippen LogP contribution is -2.59. The van der Waals surface area contributed by atoms with Gasteiger partial charge in [-0.25, -0.2) is 4.79 Å². The van der Waals surface area contributed by atoms with Crippen molar-refractivity contribution in [1.82, 2.24) is 14.7 Å². The maximum Gasteiger partial charge on any atom is 0.410 e. The zero-order valence-electron chi connectivity index (χ0n) is 15.8. The summed E-state index contributed by atoms with van der Waals surface area (Å²) in [5, 5.41) is 0. The Morgan fingerprint density at radius 3 is 2.31 bits per heavy atom. The number of fused-ring (bicyclic) bond motifs is 2. The first-order valence-electron chi connectivity index (χ1n) is 10.1. The number of benzene rings is 1. The minimum Gasteiger partial charge on any atom is -0.445 e. The van der Waals surface area contributed by atoms with Crippen molar-refractivity contribution in [2.45, 2.75) is 56.8 Å². The monoisotopic (exact) mass is 357 g/mol. The van der Waals surface area contributed by atoms with Gasteiger partial charge in [0.15, 0.2) is 0 Å². The van der Waals surface area contributed by atoms with E-state index in [1.54, 1.807) is 0 Å². The van der Waals surface area contributed by atoms with E-state index in [9.17, 15) is 4.79 Å². The molecule has 0 aliphatic carbocycles. The number of nitrogens with zero attached hydrogens (tertiary/aromatic N) is 3. The predicted molar refractivity (Wildman–Crippen MR) is 102 cm³/mol. The molecular weight excluding hydrogens is 326 g/mol. The van der Waals surface area contributed by atoms with Crippen LogP contribution in [0.5, 0.6) is 0 Å². The van der Waals surface area contributed by atoms with Gasteiger partial charge in [-0.15, -0.1) is 0 Å². The minimum absolute atomic E-state index is 0.172. The smallest absolute Gasteiger partial charge is 0.410 e. The van der Waals surface area contributed by atoms with Gasteiger partial charge >= 0.3 is 6.09 Å². The van der Waals surface area contributed by atoms with Crippen LogP contribution >= 0.6 is 0 Å². The predicted octanol–water partition coefficient (Wildman–Crippen LogP) is 2.96. The van der Waals surface area contributed by atoms with E-state index in [-0.39, 0.29) is 6.09 Å². The fraction of sp³-hybridized carbons (Fsp3) is 0.667. The molecule has 3 saturated heterocycles. The third kappa shape index (κ3) is 3.89. The Bertz CT molecular complexity index is 587. The Labute approximate surface area is 156 Å². The number of amides is 1. The summed E-state index contributed by atoms with van der Waals surface area (Å²) in [6.45, 7) is 3.89. The highest BCUT2D eigenvalue weighted by atomic mass is 16.6. The third-order valence-corrected chi connectivity index (χ3v) is 6.61. The van der Waals surface area contributed by atoms with E-state index in [1.165, 1.54) is 32.1 Å². The quantitative estimate of drug-likeness (QED) is 0.833. The van der Waals surface area contributed by atoms with Gasteiger partial charge in [0, 0.05) is 44.3 Å². The number of carbonyl (C=O) groups is 1. The Morgan fingerprint density at radius 2 is 1.65 bits per heavy atom. The van der Waals surface area contributed by atoms with Crippen molar-refractivity contribution in [2.24, 2.45) is 0 Å². The van der Waals surface area contributed by atoms with Gasteiger partial charge < -0.3 is 14.5 Å². The van der Waals surface area contributed by atoms with Gasteiger partial charge in [-0.05, 0) is 38.3 Å². The first kappa shape index (κ1) is 17.8. The third-order valence-electron chi connectivity index (χ3n) is 6.61. The zero-order valence-corrected chi connectivity index (χ0v) is 15.8. The second kappa shape index (κ2) is 7.97. The molecule has 3 fully saturated rings. The van der Waals surface area contributed by atoms with Crippen LogP contribution in [0.25, 0.3) is 0 Å². The van der Waals surface area contributed by atoms with E-state index in [2.05, 4.69) is 16.8 Å². The highest BCUT2D eigenvalue weighted by Crippen LogP contribution is 2.35. The first-order chi connectivity index (χ1) is 12.7. The molecule has 2 unspecified atom stereocenters. The molecule has 0 aromatic heterocycles. The van der Waals surface area contributed by atoms with E-state index in [0.29, 0.717) is 12.6 Å². The topological polar surface area (TPSA) is 36.0 Å². The summed E-state index contributed by atoms with van der Waals surface area (Å²) >= 11 is 0. The molecule has 0 spiro atoms. The van der Waals surface area contributed by atoms with Gasteiger partial charge in [0.2, 0.25) is 0 Å². The summed E-state index contributed by atoms with van der Waals surface area (Å²) in [5.74, 6) is 0. The van der Waals surface area contributed by atoms with Crippen LogP contribution in [0.4, 0.5) is 4.79 Å². The fourth-order valence-electron chi connectivity index (χ4n) is 4.97. The molecule has 0 radical (unpaired) electrons. The maximum atomic E-state index is 12.3. The molecule has 4 rings (SSSR count). The van der Waals surface area contributed by atoms with Crippen LogP contribution in [0.1, 0.15) is 37.7 Å². The molecule has 1 aromatic rings.